The molecule has 200 valence electrons. The van der Waals surface area contributed by atoms with E-state index in [9.17, 15) is 14.9 Å². The number of thiocarbonyl (C=S) groups is 1. The van der Waals surface area contributed by atoms with E-state index < -0.39 is 10.8 Å². The third-order valence-electron chi connectivity index (χ3n) is 6.95. The van der Waals surface area contributed by atoms with Crippen molar-refractivity contribution in [2.24, 2.45) is 0 Å². The number of oxazole rings is 1. The van der Waals surface area contributed by atoms with Gasteiger partial charge in [0.25, 0.3) is 11.6 Å². The summed E-state index contributed by atoms with van der Waals surface area (Å²) < 4.78 is 5.96. The van der Waals surface area contributed by atoms with Crippen molar-refractivity contribution in [3.8, 4) is 11.5 Å². The Kier molecular flexibility index (Phi) is 7.56. The fourth-order valence-corrected chi connectivity index (χ4v) is 4.95. The molecule has 0 bridgehead atoms. The largest absolute Gasteiger partial charge is 0.436 e. The molecule has 4 aromatic rings. The molecule has 9 nitrogen and oxygen atoms in total. The first-order valence-electron chi connectivity index (χ1n) is 13.0. The molecule has 2 heterocycles. The Morgan fingerprint density at radius 2 is 1.90 bits per heavy atom. The average Bonchev–Trinajstić information content (AvgIpc) is 3.37. The minimum atomic E-state index is -0.528. The first kappa shape index (κ1) is 26.3. The predicted octanol–water partition coefficient (Wildman–Crippen LogP) is 6.39. The highest BCUT2D eigenvalue weighted by Crippen LogP contribution is 2.32. The zero-order valence-electron chi connectivity index (χ0n) is 21.8. The lowest BCUT2D eigenvalue weighted by Gasteiger charge is -2.28. The van der Waals surface area contributed by atoms with Crippen molar-refractivity contribution in [2.45, 2.75) is 39.5 Å². The monoisotopic (exact) mass is 543 g/mol. The number of fused-ring (bicyclic) bond motifs is 1. The highest BCUT2D eigenvalue weighted by atomic mass is 32.1. The van der Waals surface area contributed by atoms with Crippen molar-refractivity contribution in [3.63, 3.8) is 0 Å². The van der Waals surface area contributed by atoms with Crippen LogP contribution in [-0.4, -0.2) is 34.0 Å². The highest BCUT2D eigenvalue weighted by Gasteiger charge is 2.23. The van der Waals surface area contributed by atoms with Crippen molar-refractivity contribution in [1.82, 2.24) is 10.3 Å². The van der Waals surface area contributed by atoms with E-state index >= 15 is 0 Å². The summed E-state index contributed by atoms with van der Waals surface area (Å²) in [5.74, 6) is -0.0438. The normalized spacial score (nSPS) is 13.3. The second-order valence-corrected chi connectivity index (χ2v) is 10.0. The van der Waals surface area contributed by atoms with Crippen LogP contribution in [0, 0.1) is 17.0 Å². The minimum Gasteiger partial charge on any atom is -0.436 e. The number of hydrogen-bond acceptors (Lipinski definition) is 7. The molecular weight excluding hydrogens is 514 g/mol. The number of nitrogens with zero attached hydrogens (tertiary/aromatic N) is 3. The molecule has 0 atom stereocenters. The van der Waals surface area contributed by atoms with E-state index in [1.807, 2.05) is 48.2 Å². The standard InChI is InChI=1S/C29H29N5O4S/c1-3-19-8-12-26-23(15-19)30-28(38-26)21-9-7-18(2)22(16-21)31-29(39)32-27(35)20-10-11-24(25(17-20)34(36)37)33-13-5-4-6-14-33/h7-12,15-17H,3-6,13-14H2,1-2H3,(H2,31,32,35,39). The van der Waals surface area contributed by atoms with Gasteiger partial charge < -0.3 is 14.6 Å². The van der Waals surface area contributed by atoms with Crippen LogP contribution in [0.5, 0.6) is 0 Å². The van der Waals surface area contributed by atoms with Crippen molar-refractivity contribution in [3.05, 3.63) is 81.4 Å². The summed E-state index contributed by atoms with van der Waals surface area (Å²) in [6.45, 7) is 5.54. The van der Waals surface area contributed by atoms with Gasteiger partial charge in [-0.15, -0.1) is 0 Å². The molecule has 1 saturated heterocycles. The molecule has 1 amide bonds. The van der Waals surface area contributed by atoms with Gasteiger partial charge >= 0.3 is 0 Å². The summed E-state index contributed by atoms with van der Waals surface area (Å²) >= 11 is 5.40. The molecule has 2 N–H and O–H groups in total. The first-order valence-corrected chi connectivity index (χ1v) is 13.4. The zero-order chi connectivity index (χ0) is 27.5. The van der Waals surface area contributed by atoms with Gasteiger partial charge in [-0.1, -0.05) is 19.1 Å². The number of benzene rings is 3. The SMILES string of the molecule is CCc1ccc2oc(-c3ccc(C)c(NC(=S)NC(=O)c4ccc(N5CCCCC5)c([N+](=O)[O-])c4)c3)nc2c1. The molecule has 0 aliphatic carbocycles. The van der Waals surface area contributed by atoms with Gasteiger partial charge in [0.2, 0.25) is 5.89 Å². The Morgan fingerprint density at radius 1 is 1.10 bits per heavy atom. The molecule has 1 fully saturated rings. The number of carbonyl (C=O) groups is 1. The maximum atomic E-state index is 12.9. The Hall–Kier alpha value is -4.31. The lowest BCUT2D eigenvalue weighted by atomic mass is 10.1. The van der Waals surface area contributed by atoms with E-state index in [1.165, 1.54) is 11.6 Å². The van der Waals surface area contributed by atoms with Crippen LogP contribution >= 0.6 is 12.2 Å². The molecule has 1 aliphatic rings. The molecule has 0 saturated carbocycles. The van der Waals surface area contributed by atoms with Crippen LogP contribution < -0.4 is 15.5 Å². The molecule has 1 aliphatic heterocycles. The van der Waals surface area contributed by atoms with Gasteiger partial charge in [0.05, 0.1) is 4.92 Å². The quantitative estimate of drug-likeness (QED) is 0.163. The van der Waals surface area contributed by atoms with Crippen molar-refractivity contribution < 1.29 is 14.1 Å². The lowest BCUT2D eigenvalue weighted by molar-refractivity contribution is -0.384. The molecule has 0 spiro atoms. The van der Waals surface area contributed by atoms with Gasteiger partial charge in [0, 0.05) is 36.0 Å². The summed E-state index contributed by atoms with van der Waals surface area (Å²) in [7, 11) is 0. The summed E-state index contributed by atoms with van der Waals surface area (Å²) in [5, 5.41) is 17.5. The number of rotatable bonds is 6. The Labute approximate surface area is 231 Å². The zero-order valence-corrected chi connectivity index (χ0v) is 22.6. The molecule has 5 rings (SSSR count). The topological polar surface area (TPSA) is 114 Å². The number of nitro benzene ring substituents is 1. The molecule has 39 heavy (non-hydrogen) atoms. The Balaban J connectivity index is 1.31. The summed E-state index contributed by atoms with van der Waals surface area (Å²) in [5.41, 5.74) is 5.64. The number of aryl methyl sites for hydroxylation is 2. The maximum Gasteiger partial charge on any atom is 0.293 e. The van der Waals surface area contributed by atoms with Gasteiger partial charge in [0.15, 0.2) is 10.7 Å². The van der Waals surface area contributed by atoms with Gasteiger partial charge in [-0.05, 0) is 92.4 Å². The molecule has 10 heteroatoms. The van der Waals surface area contributed by atoms with Gasteiger partial charge in [-0.3, -0.25) is 20.2 Å². The van der Waals surface area contributed by atoms with E-state index in [0.29, 0.717) is 22.8 Å². The number of nitrogens with one attached hydrogen (secondary N) is 2. The van der Waals surface area contributed by atoms with E-state index in [0.717, 1.165) is 55.4 Å². The van der Waals surface area contributed by atoms with Gasteiger partial charge in [-0.2, -0.15) is 0 Å². The summed E-state index contributed by atoms with van der Waals surface area (Å²) in [6.07, 6.45) is 4.01. The van der Waals surface area contributed by atoms with Crippen molar-refractivity contribution in [1.29, 1.82) is 0 Å². The third kappa shape index (κ3) is 5.75. The second-order valence-electron chi connectivity index (χ2n) is 9.62. The molecule has 0 radical (unpaired) electrons. The molecule has 0 unspecified atom stereocenters. The molecular formula is C29H29N5O4S. The van der Waals surface area contributed by atoms with Crippen LogP contribution in [0.25, 0.3) is 22.6 Å². The number of nitro groups is 1. The van der Waals surface area contributed by atoms with E-state index in [1.54, 1.807) is 12.1 Å². The van der Waals surface area contributed by atoms with Gasteiger partial charge in [-0.25, -0.2) is 4.98 Å². The predicted molar refractivity (Wildman–Crippen MR) is 156 cm³/mol. The van der Waals surface area contributed by atoms with Crippen LogP contribution in [0.1, 0.15) is 47.7 Å². The number of anilines is 2. The minimum absolute atomic E-state index is 0.0770. The van der Waals surface area contributed by atoms with E-state index in [-0.39, 0.29) is 16.4 Å². The third-order valence-corrected chi connectivity index (χ3v) is 7.16. The number of amides is 1. The van der Waals surface area contributed by atoms with Crippen LogP contribution in [0.2, 0.25) is 0 Å². The second kappa shape index (κ2) is 11.2. The fourth-order valence-electron chi connectivity index (χ4n) is 4.75. The lowest BCUT2D eigenvalue weighted by Crippen LogP contribution is -2.34. The van der Waals surface area contributed by atoms with Crippen LogP contribution in [0.4, 0.5) is 17.1 Å². The number of hydrogen-bond donors (Lipinski definition) is 2. The van der Waals surface area contributed by atoms with E-state index in [4.69, 9.17) is 16.6 Å². The summed E-state index contributed by atoms with van der Waals surface area (Å²) in [4.78, 5) is 30.9. The Bertz CT molecular complexity index is 1580. The number of carbonyl (C=O) groups excluding carboxylic acids is 1. The fraction of sp³-hybridized carbons (Fsp3) is 0.276. The van der Waals surface area contributed by atoms with Gasteiger partial charge in [0.1, 0.15) is 11.2 Å². The van der Waals surface area contributed by atoms with E-state index in [2.05, 4.69) is 22.5 Å². The molecule has 3 aromatic carbocycles. The average molecular weight is 544 g/mol. The highest BCUT2D eigenvalue weighted by molar-refractivity contribution is 7.80. The number of aromatic nitrogens is 1. The van der Waals surface area contributed by atoms with Crippen LogP contribution in [-0.2, 0) is 6.42 Å². The molecule has 1 aromatic heterocycles. The maximum absolute atomic E-state index is 12.9. The van der Waals surface area contributed by atoms with Crippen LogP contribution in [0.15, 0.2) is 59.0 Å². The van der Waals surface area contributed by atoms with Crippen LogP contribution in [0.3, 0.4) is 0 Å². The van der Waals surface area contributed by atoms with Crippen molar-refractivity contribution >= 4 is 51.4 Å². The van der Waals surface area contributed by atoms with Crippen molar-refractivity contribution in [2.75, 3.05) is 23.3 Å². The number of piperidine rings is 1. The first-order chi connectivity index (χ1) is 18.8. The summed E-state index contributed by atoms with van der Waals surface area (Å²) in [6, 6.07) is 16.2. The Morgan fingerprint density at radius 3 is 2.64 bits per heavy atom. The smallest absolute Gasteiger partial charge is 0.293 e.